The number of amides is 2. The molecule has 0 unspecified atom stereocenters. The van der Waals surface area contributed by atoms with Gasteiger partial charge < -0.3 is 10.2 Å². The first-order valence-corrected chi connectivity index (χ1v) is 7.06. The molecule has 2 aromatic carbocycles. The second-order valence-corrected chi connectivity index (χ2v) is 5.43. The standard InChI is InChI=1S/C17H14F2N2O2/c1-21-15-3-2-11(6-12(15)7-16(21)22)17(23)20-9-10-4-13(18)8-14(19)5-10/h2-6,8H,7,9H2,1H3,(H,20,23). The summed E-state index contributed by atoms with van der Waals surface area (Å²) in [5, 5.41) is 2.61. The molecule has 0 spiro atoms. The molecule has 2 aromatic rings. The number of carbonyl (C=O) groups is 2. The Hall–Kier alpha value is -2.76. The Balaban J connectivity index is 1.72. The molecule has 1 N–H and O–H groups in total. The van der Waals surface area contributed by atoms with Crippen molar-refractivity contribution in [1.82, 2.24) is 5.32 Å². The summed E-state index contributed by atoms with van der Waals surface area (Å²) in [5.74, 6) is -1.76. The predicted molar refractivity (Wildman–Crippen MR) is 81.1 cm³/mol. The molecule has 6 heteroatoms. The molecule has 23 heavy (non-hydrogen) atoms. The normalized spacial score (nSPS) is 13.2. The second kappa shape index (κ2) is 5.79. The molecule has 0 aliphatic carbocycles. The minimum Gasteiger partial charge on any atom is -0.348 e. The summed E-state index contributed by atoms with van der Waals surface area (Å²) >= 11 is 0. The molecule has 0 radical (unpaired) electrons. The summed E-state index contributed by atoms with van der Waals surface area (Å²) in [5.41, 5.74) is 2.33. The lowest BCUT2D eigenvalue weighted by Crippen LogP contribution is -2.23. The maximum absolute atomic E-state index is 13.1. The third-order valence-corrected chi connectivity index (χ3v) is 3.79. The van der Waals surface area contributed by atoms with Crippen LogP contribution in [0.4, 0.5) is 14.5 Å². The number of likely N-dealkylation sites (N-methyl/N-ethyl adjacent to an activating group) is 1. The van der Waals surface area contributed by atoms with Crippen LogP contribution >= 0.6 is 0 Å². The van der Waals surface area contributed by atoms with Crippen molar-refractivity contribution in [3.63, 3.8) is 0 Å². The Morgan fingerprint density at radius 1 is 1.17 bits per heavy atom. The van der Waals surface area contributed by atoms with Gasteiger partial charge in [-0.25, -0.2) is 8.78 Å². The van der Waals surface area contributed by atoms with Crippen LogP contribution in [0.1, 0.15) is 21.5 Å². The monoisotopic (exact) mass is 316 g/mol. The number of nitrogens with zero attached hydrogens (tertiary/aromatic N) is 1. The van der Waals surface area contributed by atoms with Crippen molar-refractivity contribution in [2.24, 2.45) is 0 Å². The number of fused-ring (bicyclic) bond motifs is 1. The molecule has 0 saturated carbocycles. The van der Waals surface area contributed by atoms with Crippen molar-refractivity contribution in [3.05, 3.63) is 64.7 Å². The van der Waals surface area contributed by atoms with E-state index in [1.54, 1.807) is 30.1 Å². The summed E-state index contributed by atoms with van der Waals surface area (Å²) in [4.78, 5) is 25.3. The zero-order chi connectivity index (χ0) is 16.6. The Labute approximate surface area is 131 Å². The average Bonchev–Trinajstić information content (AvgIpc) is 2.78. The lowest BCUT2D eigenvalue weighted by Gasteiger charge is -2.11. The highest BCUT2D eigenvalue weighted by Crippen LogP contribution is 2.28. The maximum atomic E-state index is 13.1. The quantitative estimate of drug-likeness (QED) is 0.945. The lowest BCUT2D eigenvalue weighted by molar-refractivity contribution is -0.117. The fourth-order valence-electron chi connectivity index (χ4n) is 2.61. The molecule has 0 bridgehead atoms. The topological polar surface area (TPSA) is 49.4 Å². The molecule has 1 aliphatic heterocycles. The Morgan fingerprint density at radius 2 is 1.87 bits per heavy atom. The number of carbonyl (C=O) groups excluding carboxylic acids is 2. The van der Waals surface area contributed by atoms with E-state index in [-0.39, 0.29) is 24.8 Å². The SMILES string of the molecule is CN1C(=O)Cc2cc(C(=O)NCc3cc(F)cc(F)c3)ccc21. The number of nitrogens with one attached hydrogen (secondary N) is 1. The van der Waals surface area contributed by atoms with E-state index in [0.717, 1.165) is 17.3 Å². The van der Waals surface area contributed by atoms with Crippen LogP contribution in [-0.4, -0.2) is 18.9 Å². The van der Waals surface area contributed by atoms with E-state index < -0.39 is 11.6 Å². The summed E-state index contributed by atoms with van der Waals surface area (Å²) in [6, 6.07) is 8.11. The van der Waals surface area contributed by atoms with Crippen LogP contribution in [0.2, 0.25) is 0 Å². The lowest BCUT2D eigenvalue weighted by atomic mass is 10.1. The fourth-order valence-corrected chi connectivity index (χ4v) is 2.61. The van der Waals surface area contributed by atoms with E-state index in [2.05, 4.69) is 5.32 Å². The van der Waals surface area contributed by atoms with Gasteiger partial charge in [-0.2, -0.15) is 0 Å². The van der Waals surface area contributed by atoms with Crippen molar-refractivity contribution in [3.8, 4) is 0 Å². The van der Waals surface area contributed by atoms with E-state index in [0.29, 0.717) is 11.1 Å². The number of anilines is 1. The molecule has 118 valence electrons. The van der Waals surface area contributed by atoms with Gasteiger partial charge in [0.25, 0.3) is 5.91 Å². The van der Waals surface area contributed by atoms with Crippen molar-refractivity contribution in [1.29, 1.82) is 0 Å². The predicted octanol–water partition coefficient (Wildman–Crippen LogP) is 2.41. The second-order valence-electron chi connectivity index (χ2n) is 5.43. The maximum Gasteiger partial charge on any atom is 0.251 e. The molecule has 0 aromatic heterocycles. The highest BCUT2D eigenvalue weighted by Gasteiger charge is 2.24. The van der Waals surface area contributed by atoms with E-state index >= 15 is 0 Å². The molecule has 0 fully saturated rings. The van der Waals surface area contributed by atoms with Crippen LogP contribution < -0.4 is 10.2 Å². The van der Waals surface area contributed by atoms with E-state index in [1.165, 1.54) is 12.1 Å². The van der Waals surface area contributed by atoms with Gasteiger partial charge in [-0.15, -0.1) is 0 Å². The number of hydrogen-bond donors (Lipinski definition) is 1. The van der Waals surface area contributed by atoms with Gasteiger partial charge in [0.05, 0.1) is 6.42 Å². The zero-order valence-electron chi connectivity index (χ0n) is 12.4. The molecule has 4 nitrogen and oxygen atoms in total. The van der Waals surface area contributed by atoms with Gasteiger partial charge in [0.15, 0.2) is 0 Å². The van der Waals surface area contributed by atoms with Crippen LogP contribution in [0.5, 0.6) is 0 Å². The van der Waals surface area contributed by atoms with Crippen LogP contribution in [0.3, 0.4) is 0 Å². The zero-order valence-corrected chi connectivity index (χ0v) is 12.4. The minimum absolute atomic E-state index is 0.0173. The largest absolute Gasteiger partial charge is 0.348 e. The van der Waals surface area contributed by atoms with Crippen molar-refractivity contribution in [2.45, 2.75) is 13.0 Å². The van der Waals surface area contributed by atoms with Crippen molar-refractivity contribution in [2.75, 3.05) is 11.9 Å². The fraction of sp³-hybridized carbons (Fsp3) is 0.176. The third kappa shape index (κ3) is 3.06. The number of rotatable bonds is 3. The summed E-state index contributed by atoms with van der Waals surface area (Å²) in [7, 11) is 1.69. The van der Waals surface area contributed by atoms with Crippen LogP contribution in [0.15, 0.2) is 36.4 Å². The average molecular weight is 316 g/mol. The van der Waals surface area contributed by atoms with Crippen LogP contribution in [-0.2, 0) is 17.8 Å². The number of benzene rings is 2. The first-order valence-electron chi connectivity index (χ1n) is 7.06. The van der Waals surface area contributed by atoms with Gasteiger partial charge in [-0.1, -0.05) is 0 Å². The van der Waals surface area contributed by atoms with E-state index in [1.807, 2.05) is 0 Å². The molecule has 3 rings (SSSR count). The highest BCUT2D eigenvalue weighted by molar-refractivity contribution is 6.03. The Morgan fingerprint density at radius 3 is 2.57 bits per heavy atom. The van der Waals surface area contributed by atoms with Gasteiger partial charge in [0.1, 0.15) is 11.6 Å². The number of hydrogen-bond acceptors (Lipinski definition) is 2. The van der Waals surface area contributed by atoms with Gasteiger partial charge in [0, 0.05) is 30.9 Å². The summed E-state index contributed by atoms with van der Waals surface area (Å²) in [6.07, 6.45) is 0.266. The molecular weight excluding hydrogens is 302 g/mol. The van der Waals surface area contributed by atoms with Crippen molar-refractivity contribution >= 4 is 17.5 Å². The van der Waals surface area contributed by atoms with E-state index in [4.69, 9.17) is 0 Å². The van der Waals surface area contributed by atoms with Crippen LogP contribution in [0.25, 0.3) is 0 Å². The van der Waals surface area contributed by atoms with Gasteiger partial charge in [-0.3, -0.25) is 9.59 Å². The summed E-state index contributed by atoms with van der Waals surface area (Å²) < 4.78 is 26.2. The minimum atomic E-state index is -0.687. The molecule has 1 aliphatic rings. The molecule has 0 atom stereocenters. The molecular formula is C17H14F2N2O2. The Kier molecular flexibility index (Phi) is 3.82. The highest BCUT2D eigenvalue weighted by atomic mass is 19.1. The van der Waals surface area contributed by atoms with Crippen molar-refractivity contribution < 1.29 is 18.4 Å². The summed E-state index contributed by atoms with van der Waals surface area (Å²) in [6.45, 7) is 0.0173. The molecule has 1 heterocycles. The smallest absolute Gasteiger partial charge is 0.251 e. The Bertz CT molecular complexity index is 785. The van der Waals surface area contributed by atoms with E-state index in [9.17, 15) is 18.4 Å². The first kappa shape index (κ1) is 15.1. The van der Waals surface area contributed by atoms with Gasteiger partial charge in [-0.05, 0) is 41.5 Å². The van der Waals surface area contributed by atoms with Gasteiger partial charge >= 0.3 is 0 Å². The molecule has 2 amide bonds. The first-order chi connectivity index (χ1) is 10.9. The molecule has 0 saturated heterocycles. The van der Waals surface area contributed by atoms with Crippen LogP contribution in [0, 0.1) is 11.6 Å². The number of halogens is 2. The third-order valence-electron chi connectivity index (χ3n) is 3.79. The van der Waals surface area contributed by atoms with Gasteiger partial charge in [0.2, 0.25) is 5.91 Å².